The number of pyridine rings is 1. The highest BCUT2D eigenvalue weighted by Crippen LogP contribution is 2.33. The Kier molecular flexibility index (Phi) is 4.83. The zero-order valence-corrected chi connectivity index (χ0v) is 16.0. The molecule has 0 atom stereocenters. The molecule has 27 heavy (non-hydrogen) atoms. The van der Waals surface area contributed by atoms with Gasteiger partial charge in [0.15, 0.2) is 5.13 Å². The van der Waals surface area contributed by atoms with Crippen LogP contribution in [0, 0.1) is 6.92 Å². The molecule has 0 unspecified atom stereocenters. The summed E-state index contributed by atoms with van der Waals surface area (Å²) < 4.78 is 2.44. The molecule has 3 heterocycles. The van der Waals surface area contributed by atoms with E-state index >= 15 is 0 Å². The molecule has 1 aromatic carbocycles. The van der Waals surface area contributed by atoms with Gasteiger partial charge in [0.05, 0.1) is 16.8 Å². The smallest absolute Gasteiger partial charge is 0.250 e. The molecule has 0 fully saturated rings. The summed E-state index contributed by atoms with van der Waals surface area (Å²) in [6.45, 7) is 2.41. The van der Waals surface area contributed by atoms with E-state index in [-0.39, 0.29) is 12.5 Å². The van der Waals surface area contributed by atoms with E-state index in [0.29, 0.717) is 16.7 Å². The summed E-state index contributed by atoms with van der Waals surface area (Å²) in [4.78, 5) is 27.4. The summed E-state index contributed by atoms with van der Waals surface area (Å²) in [6, 6.07) is 7.52. The molecule has 0 aliphatic rings. The van der Waals surface area contributed by atoms with Gasteiger partial charge in [0.1, 0.15) is 19.2 Å². The summed E-state index contributed by atoms with van der Waals surface area (Å²) in [6.07, 6.45) is 6.36. The second-order valence-electron chi connectivity index (χ2n) is 6.00. The van der Waals surface area contributed by atoms with Crippen LogP contribution in [0.25, 0.3) is 10.2 Å². The molecule has 0 spiro atoms. The van der Waals surface area contributed by atoms with Crippen LogP contribution in [-0.2, 0) is 17.9 Å². The number of fused-ring (bicyclic) bond motifs is 1. The average molecular weight is 399 g/mol. The molecule has 4 rings (SSSR count). The van der Waals surface area contributed by atoms with Crippen molar-refractivity contribution in [1.29, 1.82) is 0 Å². The van der Waals surface area contributed by atoms with Crippen LogP contribution in [0.5, 0.6) is 0 Å². The van der Waals surface area contributed by atoms with Gasteiger partial charge in [0, 0.05) is 17.4 Å². The molecule has 1 amide bonds. The number of amides is 1. The number of aromatic nitrogens is 5. The maximum Gasteiger partial charge on any atom is 0.250 e. The Morgan fingerprint density at radius 3 is 2.96 bits per heavy atom. The Bertz CT molecular complexity index is 1080. The van der Waals surface area contributed by atoms with E-state index in [0.717, 1.165) is 21.3 Å². The van der Waals surface area contributed by atoms with Gasteiger partial charge in [-0.05, 0) is 36.2 Å². The van der Waals surface area contributed by atoms with Crippen molar-refractivity contribution in [1.82, 2.24) is 24.7 Å². The number of hydrogen-bond donors (Lipinski definition) is 0. The van der Waals surface area contributed by atoms with E-state index in [9.17, 15) is 4.79 Å². The molecule has 3 aromatic heterocycles. The topological polar surface area (TPSA) is 76.8 Å². The van der Waals surface area contributed by atoms with Gasteiger partial charge in [0.2, 0.25) is 0 Å². The maximum atomic E-state index is 13.0. The number of aryl methyl sites for hydroxylation is 1. The van der Waals surface area contributed by atoms with Gasteiger partial charge in [-0.3, -0.25) is 14.7 Å². The van der Waals surface area contributed by atoms with Gasteiger partial charge >= 0.3 is 0 Å². The molecule has 4 aromatic rings. The lowest BCUT2D eigenvalue weighted by Crippen LogP contribution is -2.33. The zero-order chi connectivity index (χ0) is 18.8. The standard InChI is InChI=1S/C18H15ClN6OS/c1-12-5-14(19)6-15-17(12)23-18(27-15)25(8-13-3-2-4-20-7-13)16(26)9-24-11-21-10-22-24/h2-7,10-11H,8-9H2,1H3. The Hall–Kier alpha value is -2.84. The molecule has 7 nitrogen and oxygen atoms in total. The summed E-state index contributed by atoms with van der Waals surface area (Å²) in [7, 11) is 0. The number of benzene rings is 1. The lowest BCUT2D eigenvalue weighted by molar-refractivity contribution is -0.119. The van der Waals surface area contributed by atoms with Crippen LogP contribution in [-0.4, -0.2) is 30.6 Å². The first-order valence-corrected chi connectivity index (χ1v) is 9.38. The van der Waals surface area contributed by atoms with Crippen molar-refractivity contribution in [3.63, 3.8) is 0 Å². The van der Waals surface area contributed by atoms with Crippen LogP contribution in [0.15, 0.2) is 49.3 Å². The van der Waals surface area contributed by atoms with Gasteiger partial charge in [-0.15, -0.1) is 0 Å². The van der Waals surface area contributed by atoms with Gasteiger partial charge in [-0.25, -0.2) is 14.6 Å². The minimum Gasteiger partial charge on any atom is -0.282 e. The molecule has 0 bridgehead atoms. The van der Waals surface area contributed by atoms with Gasteiger partial charge in [0.25, 0.3) is 5.91 Å². The van der Waals surface area contributed by atoms with Crippen LogP contribution in [0.4, 0.5) is 5.13 Å². The first kappa shape index (κ1) is 17.6. The summed E-state index contributed by atoms with van der Waals surface area (Å²) >= 11 is 7.61. The number of rotatable bonds is 5. The van der Waals surface area contributed by atoms with Gasteiger partial charge < -0.3 is 0 Å². The summed E-state index contributed by atoms with van der Waals surface area (Å²) in [5, 5.41) is 5.29. The SMILES string of the molecule is Cc1cc(Cl)cc2sc(N(Cc3cccnc3)C(=O)Cn3cncn3)nc12. The molecule has 9 heteroatoms. The van der Waals surface area contributed by atoms with Crippen molar-refractivity contribution in [3.05, 3.63) is 65.5 Å². The fourth-order valence-electron chi connectivity index (χ4n) is 2.73. The third kappa shape index (κ3) is 3.81. The Morgan fingerprint density at radius 2 is 2.22 bits per heavy atom. The molecular formula is C18H15ClN6OS. The summed E-state index contributed by atoms with van der Waals surface area (Å²) in [5.41, 5.74) is 2.74. The third-order valence-corrected chi connectivity index (χ3v) is 5.24. The average Bonchev–Trinajstić information content (AvgIpc) is 3.30. The number of nitrogens with zero attached hydrogens (tertiary/aromatic N) is 6. The van der Waals surface area contributed by atoms with Crippen molar-refractivity contribution < 1.29 is 4.79 Å². The molecule has 0 aliphatic carbocycles. The first-order chi connectivity index (χ1) is 13.1. The van der Waals surface area contributed by atoms with E-state index < -0.39 is 0 Å². The molecule has 0 N–H and O–H groups in total. The van der Waals surface area contributed by atoms with Crippen molar-refractivity contribution in [2.24, 2.45) is 0 Å². The lowest BCUT2D eigenvalue weighted by atomic mass is 10.2. The Balaban J connectivity index is 1.72. The Labute approximate surface area is 164 Å². The number of carbonyl (C=O) groups excluding carboxylic acids is 1. The van der Waals surface area contributed by atoms with Crippen molar-refractivity contribution in [2.75, 3.05) is 4.90 Å². The second kappa shape index (κ2) is 7.42. The zero-order valence-electron chi connectivity index (χ0n) is 14.4. The van der Waals surface area contributed by atoms with Crippen LogP contribution >= 0.6 is 22.9 Å². The quantitative estimate of drug-likeness (QED) is 0.514. The fraction of sp³-hybridized carbons (Fsp3) is 0.167. The van der Waals surface area contributed by atoms with Crippen LogP contribution < -0.4 is 4.90 Å². The van der Waals surface area contributed by atoms with E-state index in [1.165, 1.54) is 28.7 Å². The van der Waals surface area contributed by atoms with Crippen LogP contribution in [0.3, 0.4) is 0 Å². The predicted molar refractivity (Wildman–Crippen MR) is 105 cm³/mol. The lowest BCUT2D eigenvalue weighted by Gasteiger charge is -2.19. The number of halogens is 1. The third-order valence-electron chi connectivity index (χ3n) is 4.00. The predicted octanol–water partition coefficient (Wildman–Crippen LogP) is 3.48. The molecule has 0 radical (unpaired) electrons. The molecule has 0 saturated heterocycles. The Morgan fingerprint density at radius 1 is 1.33 bits per heavy atom. The highest BCUT2D eigenvalue weighted by Gasteiger charge is 2.21. The van der Waals surface area contributed by atoms with Crippen LogP contribution in [0.1, 0.15) is 11.1 Å². The molecule has 0 aliphatic heterocycles. The highest BCUT2D eigenvalue weighted by atomic mass is 35.5. The number of thiazole rings is 1. The number of carbonyl (C=O) groups is 1. The van der Waals surface area contributed by atoms with Gasteiger partial charge in [-0.2, -0.15) is 5.10 Å². The number of anilines is 1. The van der Waals surface area contributed by atoms with E-state index in [4.69, 9.17) is 16.6 Å². The van der Waals surface area contributed by atoms with Gasteiger partial charge in [-0.1, -0.05) is 29.0 Å². The monoisotopic (exact) mass is 398 g/mol. The van der Waals surface area contributed by atoms with E-state index in [2.05, 4.69) is 15.1 Å². The first-order valence-electron chi connectivity index (χ1n) is 8.18. The van der Waals surface area contributed by atoms with E-state index in [1.54, 1.807) is 17.3 Å². The second-order valence-corrected chi connectivity index (χ2v) is 7.45. The minimum atomic E-state index is -0.132. The number of hydrogen-bond acceptors (Lipinski definition) is 6. The fourth-order valence-corrected chi connectivity index (χ4v) is 4.17. The van der Waals surface area contributed by atoms with Crippen molar-refractivity contribution in [2.45, 2.75) is 20.0 Å². The molecule has 0 saturated carbocycles. The largest absolute Gasteiger partial charge is 0.282 e. The highest BCUT2D eigenvalue weighted by molar-refractivity contribution is 7.22. The summed E-state index contributed by atoms with van der Waals surface area (Å²) in [5.74, 6) is -0.132. The molecular weight excluding hydrogens is 384 g/mol. The van der Waals surface area contributed by atoms with E-state index in [1.807, 2.05) is 31.2 Å². The minimum absolute atomic E-state index is 0.0793. The van der Waals surface area contributed by atoms with Crippen molar-refractivity contribution in [3.8, 4) is 0 Å². The molecule has 136 valence electrons. The maximum absolute atomic E-state index is 13.0. The normalized spacial score (nSPS) is 11.0. The van der Waals surface area contributed by atoms with Crippen molar-refractivity contribution >= 4 is 44.2 Å². The van der Waals surface area contributed by atoms with Crippen LogP contribution in [0.2, 0.25) is 5.02 Å².